The van der Waals surface area contributed by atoms with Crippen LogP contribution in [0.25, 0.3) is 0 Å². The summed E-state index contributed by atoms with van der Waals surface area (Å²) in [6, 6.07) is 3.29. The minimum atomic E-state index is -2.56. The van der Waals surface area contributed by atoms with E-state index in [1.165, 1.54) is 6.07 Å². The van der Waals surface area contributed by atoms with Gasteiger partial charge in [0.1, 0.15) is 3.70 Å². The number of hydrogen-bond acceptors (Lipinski definition) is 2. The SMILES string of the molecule is N#CCc1cc(C(F)F)c(CBr)nc1I. The van der Waals surface area contributed by atoms with E-state index in [0.29, 0.717) is 15.0 Å². The van der Waals surface area contributed by atoms with Crippen molar-refractivity contribution in [3.63, 3.8) is 0 Å². The largest absolute Gasteiger partial charge is 0.265 e. The zero-order valence-electron chi connectivity index (χ0n) is 7.48. The molecule has 0 radical (unpaired) electrons. The van der Waals surface area contributed by atoms with E-state index >= 15 is 0 Å². The van der Waals surface area contributed by atoms with Crippen LogP contribution >= 0.6 is 38.5 Å². The van der Waals surface area contributed by atoms with Crippen LogP contribution in [-0.4, -0.2) is 4.98 Å². The Hall–Kier alpha value is -0.290. The van der Waals surface area contributed by atoms with Crippen molar-refractivity contribution in [2.45, 2.75) is 18.2 Å². The van der Waals surface area contributed by atoms with E-state index in [2.05, 4.69) is 20.9 Å². The van der Waals surface area contributed by atoms with E-state index in [1.54, 1.807) is 0 Å². The van der Waals surface area contributed by atoms with Crippen LogP contribution in [0.4, 0.5) is 8.78 Å². The molecule has 0 N–H and O–H groups in total. The van der Waals surface area contributed by atoms with Gasteiger partial charge in [0.25, 0.3) is 6.43 Å². The van der Waals surface area contributed by atoms with E-state index in [9.17, 15) is 8.78 Å². The number of aromatic nitrogens is 1. The third kappa shape index (κ3) is 3.08. The second kappa shape index (κ2) is 5.70. The number of nitrogens with zero attached hydrogens (tertiary/aromatic N) is 2. The number of rotatable bonds is 3. The van der Waals surface area contributed by atoms with Crippen molar-refractivity contribution in [3.05, 3.63) is 26.6 Å². The number of pyridine rings is 1. The molecule has 6 heteroatoms. The molecule has 0 aromatic carbocycles. The van der Waals surface area contributed by atoms with Crippen LogP contribution in [0.2, 0.25) is 0 Å². The van der Waals surface area contributed by atoms with Gasteiger partial charge >= 0.3 is 0 Å². The molecule has 0 atom stereocenters. The van der Waals surface area contributed by atoms with Gasteiger partial charge in [-0.3, -0.25) is 0 Å². The Labute approximate surface area is 108 Å². The van der Waals surface area contributed by atoms with Crippen molar-refractivity contribution in [1.82, 2.24) is 4.98 Å². The maximum Gasteiger partial charge on any atom is 0.265 e. The lowest BCUT2D eigenvalue weighted by molar-refractivity contribution is 0.150. The third-order valence-electron chi connectivity index (χ3n) is 1.79. The van der Waals surface area contributed by atoms with Crippen LogP contribution < -0.4 is 0 Å². The minimum Gasteiger partial charge on any atom is -0.245 e. The summed E-state index contributed by atoms with van der Waals surface area (Å²) in [5, 5.41) is 8.81. The lowest BCUT2D eigenvalue weighted by Gasteiger charge is -2.08. The maximum absolute atomic E-state index is 12.6. The number of hydrogen-bond donors (Lipinski definition) is 0. The fourth-order valence-electron chi connectivity index (χ4n) is 1.09. The van der Waals surface area contributed by atoms with E-state index in [0.717, 1.165) is 0 Å². The molecule has 0 bridgehead atoms. The molecule has 0 fully saturated rings. The van der Waals surface area contributed by atoms with Gasteiger partial charge < -0.3 is 0 Å². The highest BCUT2D eigenvalue weighted by atomic mass is 127. The normalized spacial score (nSPS) is 10.4. The predicted molar refractivity (Wildman–Crippen MR) is 63.9 cm³/mol. The van der Waals surface area contributed by atoms with E-state index in [4.69, 9.17) is 5.26 Å². The van der Waals surface area contributed by atoms with Crippen molar-refractivity contribution in [2.24, 2.45) is 0 Å². The first-order valence-corrected chi connectivity index (χ1v) is 6.19. The van der Waals surface area contributed by atoms with Gasteiger partial charge in [-0.2, -0.15) is 5.26 Å². The van der Waals surface area contributed by atoms with Gasteiger partial charge in [-0.15, -0.1) is 0 Å². The molecule has 0 spiro atoms. The molecule has 15 heavy (non-hydrogen) atoms. The molecule has 1 rings (SSSR count). The predicted octanol–water partition coefficient (Wildman–Crippen LogP) is 3.58. The van der Waals surface area contributed by atoms with Crippen molar-refractivity contribution in [1.29, 1.82) is 5.26 Å². The first-order valence-electron chi connectivity index (χ1n) is 3.99. The molecule has 0 unspecified atom stereocenters. The molecule has 2 nitrogen and oxygen atoms in total. The fraction of sp³-hybridized carbons (Fsp3) is 0.333. The highest BCUT2D eigenvalue weighted by molar-refractivity contribution is 14.1. The maximum atomic E-state index is 12.6. The molecule has 1 aromatic heterocycles. The Kier molecular flexibility index (Phi) is 4.86. The van der Waals surface area contributed by atoms with Gasteiger partial charge in [0, 0.05) is 10.9 Å². The molecule has 80 valence electrons. The first-order chi connectivity index (χ1) is 7.10. The average molecular weight is 387 g/mol. The van der Waals surface area contributed by atoms with Crippen molar-refractivity contribution in [3.8, 4) is 6.07 Å². The monoisotopic (exact) mass is 386 g/mol. The number of halogens is 4. The minimum absolute atomic E-state index is 0.0995. The molecule has 0 aliphatic carbocycles. The Morgan fingerprint density at radius 1 is 1.60 bits per heavy atom. The summed E-state index contributed by atoms with van der Waals surface area (Å²) >= 11 is 5.05. The second-order valence-corrected chi connectivity index (χ2v) is 4.33. The Morgan fingerprint density at radius 2 is 2.27 bits per heavy atom. The number of nitriles is 1. The topological polar surface area (TPSA) is 36.7 Å². The molecular formula is C9H6BrF2IN2. The van der Waals surface area contributed by atoms with Crippen molar-refractivity contribution < 1.29 is 8.78 Å². The fourth-order valence-corrected chi connectivity index (χ4v) is 2.18. The van der Waals surface area contributed by atoms with Crippen molar-refractivity contribution >= 4 is 38.5 Å². The van der Waals surface area contributed by atoms with Gasteiger partial charge in [0.05, 0.1) is 18.2 Å². The zero-order chi connectivity index (χ0) is 11.4. The quantitative estimate of drug-likeness (QED) is 0.452. The summed E-state index contributed by atoms with van der Waals surface area (Å²) < 4.78 is 25.8. The molecular weight excluding hydrogens is 381 g/mol. The molecule has 0 saturated heterocycles. The lowest BCUT2D eigenvalue weighted by Crippen LogP contribution is -2.02. The summed E-state index contributed by atoms with van der Waals surface area (Å²) in [4.78, 5) is 4.04. The summed E-state index contributed by atoms with van der Waals surface area (Å²) in [7, 11) is 0. The summed E-state index contributed by atoms with van der Waals surface area (Å²) in [5.41, 5.74) is 0.784. The highest BCUT2D eigenvalue weighted by Crippen LogP contribution is 2.26. The van der Waals surface area contributed by atoms with Crippen LogP contribution in [0.1, 0.15) is 23.2 Å². The van der Waals surface area contributed by atoms with Gasteiger partial charge in [-0.1, -0.05) is 15.9 Å². The van der Waals surface area contributed by atoms with Gasteiger partial charge in [-0.25, -0.2) is 13.8 Å². The highest BCUT2D eigenvalue weighted by Gasteiger charge is 2.16. The van der Waals surface area contributed by atoms with E-state index in [1.807, 2.05) is 28.7 Å². The molecule has 0 amide bonds. The van der Waals surface area contributed by atoms with Crippen molar-refractivity contribution in [2.75, 3.05) is 0 Å². The first kappa shape index (κ1) is 12.8. The zero-order valence-corrected chi connectivity index (χ0v) is 11.2. The van der Waals surface area contributed by atoms with Crippen LogP contribution in [0.15, 0.2) is 6.07 Å². The van der Waals surface area contributed by atoms with Crippen LogP contribution in [-0.2, 0) is 11.8 Å². The second-order valence-electron chi connectivity index (χ2n) is 2.74. The molecule has 0 aliphatic heterocycles. The van der Waals surface area contributed by atoms with Gasteiger partial charge in [-0.05, 0) is 34.2 Å². The lowest BCUT2D eigenvalue weighted by atomic mass is 10.1. The summed E-state index contributed by atoms with van der Waals surface area (Å²) in [6.45, 7) is 0. The standard InChI is InChI=1S/C9H6BrF2IN2/c10-4-7-6(8(11)12)3-5(1-2-14)9(13)15-7/h3,8H,1,4H2. The van der Waals surface area contributed by atoms with Crippen LogP contribution in [0.3, 0.4) is 0 Å². The van der Waals surface area contributed by atoms with Crippen LogP contribution in [0, 0.1) is 15.0 Å². The van der Waals surface area contributed by atoms with E-state index in [-0.39, 0.29) is 17.3 Å². The van der Waals surface area contributed by atoms with Gasteiger partial charge in [0.15, 0.2) is 0 Å². The Balaban J connectivity index is 3.25. The summed E-state index contributed by atoms with van der Waals surface area (Å²) in [5.74, 6) is 0. The molecule has 1 aromatic rings. The van der Waals surface area contributed by atoms with Crippen LogP contribution in [0.5, 0.6) is 0 Å². The smallest absolute Gasteiger partial charge is 0.245 e. The Morgan fingerprint density at radius 3 is 2.73 bits per heavy atom. The Bertz CT molecular complexity index is 404. The van der Waals surface area contributed by atoms with Gasteiger partial charge in [0.2, 0.25) is 0 Å². The van der Waals surface area contributed by atoms with E-state index < -0.39 is 6.43 Å². The summed E-state index contributed by atoms with van der Waals surface area (Å²) in [6.07, 6.45) is -2.45. The number of alkyl halides is 3. The molecule has 0 aliphatic rings. The third-order valence-corrected chi connectivity index (χ3v) is 3.26. The molecule has 1 heterocycles. The average Bonchev–Trinajstić information content (AvgIpc) is 2.20. The molecule has 0 saturated carbocycles.